The summed E-state index contributed by atoms with van der Waals surface area (Å²) in [4.78, 5) is 0. The average molecular weight is 1870 g/mol. The minimum absolute atomic E-state index is 0. The minimum atomic E-state index is -0.694. The van der Waals surface area contributed by atoms with Gasteiger partial charge in [0.15, 0.2) is 0 Å². The van der Waals surface area contributed by atoms with Crippen LogP contribution in [0, 0.1) is 0 Å². The largest absolute Gasteiger partial charge is 0.392 e. The van der Waals surface area contributed by atoms with Crippen LogP contribution in [0.15, 0.2) is 202 Å². The van der Waals surface area contributed by atoms with Gasteiger partial charge in [-0.3, -0.25) is 0 Å². The van der Waals surface area contributed by atoms with Crippen LogP contribution in [0.25, 0.3) is 0 Å². The summed E-state index contributed by atoms with van der Waals surface area (Å²) >= 11 is 0. The van der Waals surface area contributed by atoms with E-state index in [1.165, 1.54) is 97.2 Å². The van der Waals surface area contributed by atoms with E-state index in [1.807, 2.05) is 0 Å². The number of rotatable bonds is 16. The molecule has 0 spiro atoms. The molecule has 4 unspecified atom stereocenters. The van der Waals surface area contributed by atoms with Crippen LogP contribution in [0.1, 0.15) is 111 Å². The molecule has 0 aromatic carbocycles. The summed E-state index contributed by atoms with van der Waals surface area (Å²) in [6.45, 7) is 80.2. The summed E-state index contributed by atoms with van der Waals surface area (Å²) in [7, 11) is 0. The standard InChI is InChI=1S/6C5H10O.4C4H8O.6C3H6O.4Hf/c6*1-4-5(2,3)6;4*1-3-4(2)5;6*1-2-3-4;;;;/h6*4,6H,1H2,2-3H3;4*3-5H,1H2,2H3;6*2,4H,1,3H2;;;;. The van der Waals surface area contributed by atoms with Crippen molar-refractivity contribution in [2.75, 3.05) is 39.6 Å². The SMILES string of the molecule is C=CC(C)(C)O.C=CC(C)(C)O.C=CC(C)(C)O.C=CC(C)(C)O.C=CC(C)(C)O.C=CC(C)(C)O.C=CC(C)O.C=CC(C)O.C=CC(C)O.C=CC(C)O.C=CCO.C=CCO.C=CCO.C=CCO.C=CCO.C=CCO.[Hf].[Hf].[Hf].[Hf]. The molecular weight excluding hydrogens is 1740 g/mol. The first kappa shape index (κ1) is 140. The number of hydrogen-bond acceptors (Lipinski definition) is 16. The molecule has 20 heteroatoms. The van der Waals surface area contributed by atoms with Gasteiger partial charge in [-0.15, -0.1) is 105 Å². The van der Waals surface area contributed by atoms with Crippen LogP contribution in [-0.4, -0.2) is 179 Å². The molecule has 0 saturated heterocycles. The number of hydrogen-bond donors (Lipinski definition) is 16. The van der Waals surface area contributed by atoms with Crippen molar-refractivity contribution in [2.45, 2.75) is 169 Å². The smallest absolute Gasteiger partial charge is 0.0769 e. The Morgan fingerprint density at radius 3 is 0.274 bits per heavy atom. The van der Waals surface area contributed by atoms with Crippen LogP contribution in [0.5, 0.6) is 0 Å². The van der Waals surface area contributed by atoms with Crippen molar-refractivity contribution in [3.63, 3.8) is 0 Å². The molecule has 496 valence electrons. The molecule has 0 rings (SSSR count). The fourth-order valence-electron chi connectivity index (χ4n) is 0. The van der Waals surface area contributed by atoms with Gasteiger partial charge >= 0.3 is 0 Å². The second kappa shape index (κ2) is 113. The molecule has 16 N–H and O–H groups in total. The molecule has 0 aliphatic carbocycles. The van der Waals surface area contributed by atoms with Crippen LogP contribution < -0.4 is 0 Å². The Hall–Kier alpha value is -1.32. The van der Waals surface area contributed by atoms with E-state index in [1.54, 1.807) is 111 Å². The number of aliphatic hydroxyl groups is 16. The Kier molecular flexibility index (Phi) is 188. The van der Waals surface area contributed by atoms with Crippen molar-refractivity contribution >= 4 is 0 Å². The van der Waals surface area contributed by atoms with Crippen LogP contribution in [-0.2, 0) is 103 Å². The summed E-state index contributed by atoms with van der Waals surface area (Å²) in [6, 6.07) is 0. The first-order valence-electron chi connectivity index (χ1n) is 24.6. The van der Waals surface area contributed by atoms with E-state index in [2.05, 4.69) is 105 Å². The van der Waals surface area contributed by atoms with E-state index < -0.39 is 33.6 Å². The minimum Gasteiger partial charge on any atom is -0.392 e. The second-order valence-electron chi connectivity index (χ2n) is 17.9. The first-order chi connectivity index (χ1) is 35.9. The molecule has 0 radical (unpaired) electrons. The van der Waals surface area contributed by atoms with E-state index in [-0.39, 0.29) is 167 Å². The second-order valence-corrected chi connectivity index (χ2v) is 17.9. The Bertz CT molecular complexity index is 1100. The van der Waals surface area contributed by atoms with Gasteiger partial charge < -0.3 is 81.7 Å². The van der Waals surface area contributed by atoms with Crippen molar-refractivity contribution in [1.82, 2.24) is 0 Å². The molecule has 4 atom stereocenters. The first-order valence-corrected chi connectivity index (χ1v) is 24.6. The average Bonchev–Trinajstić information content (AvgIpc) is 3.39. The van der Waals surface area contributed by atoms with Gasteiger partial charge in [0, 0.05) is 103 Å². The molecule has 16 nitrogen and oxygen atoms in total. The Balaban J connectivity index is -0.0000000289. The van der Waals surface area contributed by atoms with Gasteiger partial charge in [-0.1, -0.05) is 97.2 Å². The summed E-state index contributed by atoms with van der Waals surface area (Å²) < 4.78 is 0. The van der Waals surface area contributed by atoms with Gasteiger partial charge in [0.05, 0.1) is 97.7 Å². The molecule has 84 heavy (non-hydrogen) atoms. The van der Waals surface area contributed by atoms with E-state index in [0.29, 0.717) is 0 Å². The Morgan fingerprint density at radius 1 is 0.238 bits per heavy atom. The third kappa shape index (κ3) is 544. The molecule has 0 aliphatic heterocycles. The number of aliphatic hydroxyl groups excluding tert-OH is 10. The van der Waals surface area contributed by atoms with E-state index in [9.17, 15) is 0 Å². The van der Waals surface area contributed by atoms with Crippen LogP contribution in [0.2, 0.25) is 0 Å². The molecule has 0 heterocycles. The molecule has 0 amide bonds. The van der Waals surface area contributed by atoms with Crippen molar-refractivity contribution in [1.29, 1.82) is 0 Å². The summed E-state index contributed by atoms with van der Waals surface area (Å²) in [5.41, 5.74) is -4.17. The predicted octanol–water partition coefficient (Wildman–Crippen LogP) is 8.85. The summed E-state index contributed by atoms with van der Waals surface area (Å²) in [6.07, 6.45) is 22.0. The third-order valence-corrected chi connectivity index (χ3v) is 5.14. The van der Waals surface area contributed by atoms with Gasteiger partial charge in [0.1, 0.15) is 0 Å². The van der Waals surface area contributed by atoms with Crippen molar-refractivity contribution in [3.05, 3.63) is 202 Å². The van der Waals surface area contributed by atoms with Crippen LogP contribution in [0.3, 0.4) is 0 Å². The van der Waals surface area contributed by atoms with Crippen molar-refractivity contribution < 1.29 is 185 Å². The van der Waals surface area contributed by atoms with E-state index >= 15 is 0 Å². The fraction of sp³-hybridized carbons (Fsp3) is 0.500. The topological polar surface area (TPSA) is 324 Å². The van der Waals surface area contributed by atoms with Crippen molar-refractivity contribution in [2.24, 2.45) is 0 Å². The van der Waals surface area contributed by atoms with Gasteiger partial charge in [-0.05, 0) is 111 Å². The maximum absolute atomic E-state index is 8.71. The van der Waals surface area contributed by atoms with Crippen molar-refractivity contribution in [3.8, 4) is 0 Å². The van der Waals surface area contributed by atoms with E-state index in [0.717, 1.165) is 0 Å². The molecule has 0 saturated carbocycles. The molecule has 0 aromatic rings. The zero-order valence-corrected chi connectivity index (χ0v) is 69.6. The zero-order chi connectivity index (χ0) is 68.9. The predicted molar refractivity (Wildman–Crippen MR) is 350 cm³/mol. The van der Waals surface area contributed by atoms with Gasteiger partial charge in [-0.2, -0.15) is 0 Å². The Labute approximate surface area is 590 Å². The quantitative estimate of drug-likeness (QED) is 0.0507. The molecule has 0 bridgehead atoms. The molecular formula is C64H128Hf4O16. The Morgan fingerprint density at radius 2 is 0.274 bits per heavy atom. The molecule has 0 aromatic heterocycles. The fourth-order valence-corrected chi connectivity index (χ4v) is 0. The van der Waals surface area contributed by atoms with Gasteiger partial charge in [0.2, 0.25) is 0 Å². The maximum Gasteiger partial charge on any atom is 0.0769 e. The zero-order valence-electron chi connectivity index (χ0n) is 55.3. The van der Waals surface area contributed by atoms with E-state index in [4.69, 9.17) is 81.7 Å². The monoisotopic (exact) mass is 1870 g/mol. The molecule has 0 aliphatic rings. The van der Waals surface area contributed by atoms with Crippen LogP contribution in [0.4, 0.5) is 0 Å². The summed E-state index contributed by atoms with van der Waals surface area (Å²) in [5, 5.41) is 132. The molecule has 0 fully saturated rings. The van der Waals surface area contributed by atoms with Crippen LogP contribution >= 0.6 is 0 Å². The third-order valence-electron chi connectivity index (χ3n) is 5.14. The van der Waals surface area contributed by atoms with Gasteiger partial charge in [0.25, 0.3) is 0 Å². The maximum atomic E-state index is 8.71. The van der Waals surface area contributed by atoms with Gasteiger partial charge in [-0.25, -0.2) is 0 Å². The normalized spacial score (nSPS) is 9.90. The summed E-state index contributed by atoms with van der Waals surface area (Å²) in [5.74, 6) is 0.